The molecule has 0 aromatic heterocycles. The first-order valence-corrected chi connectivity index (χ1v) is 13.9. The average molecular weight is 543 g/mol. The van der Waals surface area contributed by atoms with Crippen molar-refractivity contribution >= 4 is 50.7 Å². The van der Waals surface area contributed by atoms with Gasteiger partial charge in [-0.15, -0.1) is 0 Å². The van der Waals surface area contributed by atoms with Crippen molar-refractivity contribution in [2.45, 2.75) is 59.7 Å². The molecule has 2 rings (SSSR count). The van der Waals surface area contributed by atoms with E-state index < -0.39 is 28.5 Å². The highest BCUT2D eigenvalue weighted by molar-refractivity contribution is 7.92. The second-order valence-electron chi connectivity index (χ2n) is 8.74. The van der Waals surface area contributed by atoms with Crippen molar-refractivity contribution in [2.24, 2.45) is 0 Å². The number of rotatable bonds is 10. The predicted octanol–water partition coefficient (Wildman–Crippen LogP) is 4.71. The zero-order valence-corrected chi connectivity index (χ0v) is 23.3. The van der Waals surface area contributed by atoms with Crippen LogP contribution in [0.5, 0.6) is 0 Å². The number of aryl methyl sites for hydroxylation is 1. The Labute approximate surface area is 218 Å². The number of hydrogen-bond donors (Lipinski definition) is 1. The van der Waals surface area contributed by atoms with Crippen LogP contribution in [0.2, 0.25) is 10.0 Å². The molecule has 192 valence electrons. The number of nitrogens with zero attached hydrogens (tertiary/aromatic N) is 2. The van der Waals surface area contributed by atoms with Crippen molar-refractivity contribution in [3.8, 4) is 0 Å². The van der Waals surface area contributed by atoms with Crippen LogP contribution in [0.3, 0.4) is 0 Å². The SMILES string of the molecule is CCC(C)NC(=O)C(C)N(Cc1ccc(Cl)cc1Cl)C(=O)CN(c1cccc(C)c1C)S(C)(=O)=O. The summed E-state index contributed by atoms with van der Waals surface area (Å²) in [7, 11) is -3.80. The van der Waals surface area contributed by atoms with Gasteiger partial charge in [0.25, 0.3) is 0 Å². The predicted molar refractivity (Wildman–Crippen MR) is 142 cm³/mol. The normalized spacial score (nSPS) is 13.1. The molecule has 0 aliphatic rings. The van der Waals surface area contributed by atoms with Gasteiger partial charge in [0, 0.05) is 22.6 Å². The second kappa shape index (κ2) is 12.1. The van der Waals surface area contributed by atoms with Crippen molar-refractivity contribution in [2.75, 3.05) is 17.1 Å². The van der Waals surface area contributed by atoms with Gasteiger partial charge in [0.1, 0.15) is 12.6 Å². The number of hydrogen-bond acceptors (Lipinski definition) is 4. The van der Waals surface area contributed by atoms with E-state index in [2.05, 4.69) is 5.32 Å². The van der Waals surface area contributed by atoms with E-state index in [0.717, 1.165) is 28.1 Å². The van der Waals surface area contributed by atoms with E-state index in [9.17, 15) is 18.0 Å². The van der Waals surface area contributed by atoms with E-state index in [1.54, 1.807) is 44.2 Å². The maximum absolute atomic E-state index is 13.6. The Hall–Kier alpha value is -2.29. The second-order valence-corrected chi connectivity index (χ2v) is 11.5. The highest BCUT2D eigenvalue weighted by Gasteiger charge is 2.31. The molecule has 0 radical (unpaired) electrons. The van der Waals surface area contributed by atoms with Gasteiger partial charge in [0.2, 0.25) is 21.8 Å². The Bertz CT molecular complexity index is 1190. The van der Waals surface area contributed by atoms with Gasteiger partial charge in [-0.05, 0) is 69.0 Å². The van der Waals surface area contributed by atoms with E-state index >= 15 is 0 Å². The first kappa shape index (κ1) is 28.9. The van der Waals surface area contributed by atoms with Gasteiger partial charge >= 0.3 is 0 Å². The van der Waals surface area contributed by atoms with E-state index in [0.29, 0.717) is 21.3 Å². The van der Waals surface area contributed by atoms with Gasteiger partial charge in [0.15, 0.2) is 0 Å². The summed E-state index contributed by atoms with van der Waals surface area (Å²) in [5.74, 6) is -0.871. The van der Waals surface area contributed by atoms with Crippen LogP contribution < -0.4 is 9.62 Å². The molecular weight excluding hydrogens is 509 g/mol. The summed E-state index contributed by atoms with van der Waals surface area (Å²) < 4.78 is 26.5. The Kier molecular flexibility index (Phi) is 10.0. The molecular formula is C25H33Cl2N3O4S. The lowest BCUT2D eigenvalue weighted by molar-refractivity contribution is -0.139. The molecule has 2 unspecified atom stereocenters. The molecule has 35 heavy (non-hydrogen) atoms. The summed E-state index contributed by atoms with van der Waals surface area (Å²) in [5.41, 5.74) is 2.66. The molecule has 0 spiro atoms. The molecule has 0 saturated carbocycles. The van der Waals surface area contributed by atoms with Crippen LogP contribution in [-0.2, 0) is 26.2 Å². The largest absolute Gasteiger partial charge is 0.352 e. The minimum Gasteiger partial charge on any atom is -0.352 e. The van der Waals surface area contributed by atoms with E-state index in [1.165, 1.54) is 4.90 Å². The molecule has 0 aliphatic heterocycles. The molecule has 0 heterocycles. The number of sulfonamides is 1. The molecule has 2 amide bonds. The average Bonchev–Trinajstić information content (AvgIpc) is 2.77. The third-order valence-electron chi connectivity index (χ3n) is 6.05. The lowest BCUT2D eigenvalue weighted by atomic mass is 10.1. The summed E-state index contributed by atoms with van der Waals surface area (Å²) in [5, 5.41) is 3.68. The van der Waals surface area contributed by atoms with Gasteiger partial charge in [-0.2, -0.15) is 0 Å². The van der Waals surface area contributed by atoms with Gasteiger partial charge < -0.3 is 10.2 Å². The summed E-state index contributed by atoms with van der Waals surface area (Å²) in [6.07, 6.45) is 1.78. The number of benzene rings is 2. The number of carbonyl (C=O) groups excluding carboxylic acids is 2. The third-order valence-corrected chi connectivity index (χ3v) is 7.76. The number of carbonyl (C=O) groups is 2. The van der Waals surface area contributed by atoms with Gasteiger partial charge in [0.05, 0.1) is 11.9 Å². The van der Waals surface area contributed by atoms with Crippen molar-refractivity contribution in [1.82, 2.24) is 10.2 Å². The van der Waals surface area contributed by atoms with Gasteiger partial charge in [-0.25, -0.2) is 8.42 Å². The molecule has 0 aliphatic carbocycles. The number of nitrogens with one attached hydrogen (secondary N) is 1. The number of anilines is 1. The summed E-state index contributed by atoms with van der Waals surface area (Å²) in [4.78, 5) is 27.9. The highest BCUT2D eigenvalue weighted by atomic mass is 35.5. The van der Waals surface area contributed by atoms with Crippen LogP contribution in [0.4, 0.5) is 5.69 Å². The zero-order chi connectivity index (χ0) is 26.5. The van der Waals surface area contributed by atoms with E-state index in [4.69, 9.17) is 23.2 Å². The quantitative estimate of drug-likeness (QED) is 0.471. The summed E-state index contributed by atoms with van der Waals surface area (Å²) in [6, 6.07) is 9.22. The molecule has 1 N–H and O–H groups in total. The summed E-state index contributed by atoms with van der Waals surface area (Å²) in [6.45, 7) is 8.66. The standard InChI is InChI=1S/C25H33Cl2N3O4S/c1-7-17(3)28-25(32)19(5)29(14-20-11-12-21(26)13-22(20)27)24(31)15-30(35(6,33)34)23-10-8-9-16(2)18(23)4/h8-13,17,19H,7,14-15H2,1-6H3,(H,28,32). The fraction of sp³-hybridized carbons (Fsp3) is 0.440. The first-order chi connectivity index (χ1) is 16.3. The number of halogens is 2. The minimum absolute atomic E-state index is 0.00826. The Morgan fingerprint density at radius 3 is 2.31 bits per heavy atom. The van der Waals surface area contributed by atoms with Crippen LogP contribution in [0.15, 0.2) is 36.4 Å². The minimum atomic E-state index is -3.80. The molecule has 2 aromatic rings. The molecule has 0 fully saturated rings. The monoisotopic (exact) mass is 541 g/mol. The van der Waals surface area contributed by atoms with Crippen molar-refractivity contribution in [1.29, 1.82) is 0 Å². The highest BCUT2D eigenvalue weighted by Crippen LogP contribution is 2.27. The van der Waals surface area contributed by atoms with Crippen molar-refractivity contribution in [3.05, 3.63) is 63.1 Å². The first-order valence-electron chi connectivity index (χ1n) is 11.3. The lowest BCUT2D eigenvalue weighted by Gasteiger charge is -2.32. The van der Waals surface area contributed by atoms with E-state index in [1.807, 2.05) is 26.8 Å². The Morgan fingerprint density at radius 2 is 1.74 bits per heavy atom. The molecule has 10 heteroatoms. The maximum Gasteiger partial charge on any atom is 0.244 e. The summed E-state index contributed by atoms with van der Waals surface area (Å²) >= 11 is 12.4. The van der Waals surface area contributed by atoms with Crippen LogP contribution in [0.25, 0.3) is 0 Å². The number of amides is 2. The Morgan fingerprint density at radius 1 is 1.09 bits per heavy atom. The van der Waals surface area contributed by atoms with Crippen LogP contribution in [-0.4, -0.2) is 50.0 Å². The molecule has 7 nitrogen and oxygen atoms in total. The van der Waals surface area contributed by atoms with Crippen LogP contribution in [0.1, 0.15) is 43.9 Å². The smallest absolute Gasteiger partial charge is 0.244 e. The van der Waals surface area contributed by atoms with E-state index in [-0.39, 0.29) is 18.5 Å². The Balaban J connectivity index is 2.47. The van der Waals surface area contributed by atoms with Crippen molar-refractivity contribution < 1.29 is 18.0 Å². The van der Waals surface area contributed by atoms with Crippen molar-refractivity contribution in [3.63, 3.8) is 0 Å². The maximum atomic E-state index is 13.6. The third kappa shape index (κ3) is 7.59. The lowest BCUT2D eigenvalue weighted by Crippen LogP contribution is -2.52. The van der Waals surface area contributed by atoms with Gasteiger partial charge in [-0.3, -0.25) is 13.9 Å². The fourth-order valence-electron chi connectivity index (χ4n) is 3.48. The van der Waals surface area contributed by atoms with Crippen LogP contribution in [0, 0.1) is 13.8 Å². The van der Waals surface area contributed by atoms with Crippen LogP contribution >= 0.6 is 23.2 Å². The molecule has 2 aromatic carbocycles. The van der Waals surface area contributed by atoms with Gasteiger partial charge in [-0.1, -0.05) is 48.3 Å². The zero-order valence-electron chi connectivity index (χ0n) is 20.9. The topological polar surface area (TPSA) is 86.8 Å². The fourth-order valence-corrected chi connectivity index (χ4v) is 4.85. The molecule has 0 saturated heterocycles. The molecule has 0 bridgehead atoms. The molecule has 2 atom stereocenters.